The Morgan fingerprint density at radius 2 is 1.76 bits per heavy atom. The molecule has 0 spiro atoms. The summed E-state index contributed by atoms with van der Waals surface area (Å²) in [5, 5.41) is 4.88. The largest absolute Gasteiger partial charge is 0.367 e. The van der Waals surface area contributed by atoms with Crippen LogP contribution in [0.1, 0.15) is 5.56 Å². The van der Waals surface area contributed by atoms with E-state index in [2.05, 4.69) is 28.4 Å². The smallest absolute Gasteiger partial charge is 0.0429 e. The second-order valence-corrected chi connectivity index (χ2v) is 6.38. The lowest BCUT2D eigenvalue weighted by Crippen LogP contribution is -2.48. The predicted octanol–water partition coefficient (Wildman–Crippen LogP) is 4.22. The van der Waals surface area contributed by atoms with Crippen molar-refractivity contribution in [2.24, 2.45) is 5.92 Å². The van der Waals surface area contributed by atoms with Crippen LogP contribution >= 0.6 is 23.2 Å². The van der Waals surface area contributed by atoms with E-state index in [9.17, 15) is 0 Å². The predicted molar refractivity (Wildman–Crippen MR) is 90.3 cm³/mol. The van der Waals surface area contributed by atoms with Crippen LogP contribution in [-0.4, -0.2) is 19.6 Å². The molecule has 0 bridgehead atoms. The molecule has 1 fully saturated rings. The molecule has 2 aromatic carbocycles. The summed E-state index contributed by atoms with van der Waals surface area (Å²) < 4.78 is 0. The third-order valence-corrected chi connectivity index (χ3v) is 4.29. The first-order valence-corrected chi connectivity index (χ1v) is 7.92. The van der Waals surface area contributed by atoms with E-state index >= 15 is 0 Å². The van der Waals surface area contributed by atoms with Gasteiger partial charge in [-0.05, 0) is 35.9 Å². The summed E-state index contributed by atoms with van der Waals surface area (Å²) in [4.78, 5) is 2.39. The average molecular weight is 321 g/mol. The highest BCUT2D eigenvalue weighted by molar-refractivity contribution is 6.31. The number of hydrogen-bond acceptors (Lipinski definition) is 2. The Morgan fingerprint density at radius 3 is 2.38 bits per heavy atom. The molecule has 2 aromatic rings. The van der Waals surface area contributed by atoms with Crippen LogP contribution in [0.2, 0.25) is 10.0 Å². The van der Waals surface area contributed by atoms with Crippen molar-refractivity contribution in [3.8, 4) is 0 Å². The minimum atomic E-state index is 0.705. The molecule has 110 valence electrons. The molecule has 0 aliphatic carbocycles. The second kappa shape index (κ2) is 6.69. The Labute approximate surface area is 135 Å². The summed E-state index contributed by atoms with van der Waals surface area (Å²) in [5.74, 6) is 0.705. The molecule has 2 nitrogen and oxygen atoms in total. The standard InChI is InChI=1S/C17H18Cl2N2/c18-15-6-4-13(5-7-15)11-21(12-14-9-20-10-14)17-3-1-2-16(19)8-17/h1-8,14,20H,9-12H2. The quantitative estimate of drug-likeness (QED) is 0.887. The molecule has 1 aliphatic rings. The Bertz CT molecular complexity index is 594. The minimum Gasteiger partial charge on any atom is -0.367 e. The fraction of sp³-hybridized carbons (Fsp3) is 0.294. The number of anilines is 1. The van der Waals surface area contributed by atoms with Gasteiger partial charge >= 0.3 is 0 Å². The van der Waals surface area contributed by atoms with Crippen molar-refractivity contribution in [1.82, 2.24) is 5.32 Å². The molecule has 0 amide bonds. The highest BCUT2D eigenvalue weighted by Crippen LogP contribution is 2.23. The van der Waals surface area contributed by atoms with Gasteiger partial charge in [0.2, 0.25) is 0 Å². The summed E-state index contributed by atoms with van der Waals surface area (Å²) in [6.07, 6.45) is 0. The lowest BCUT2D eigenvalue weighted by molar-refractivity contribution is 0.348. The molecule has 0 aromatic heterocycles. The maximum absolute atomic E-state index is 6.14. The van der Waals surface area contributed by atoms with Gasteiger partial charge < -0.3 is 10.2 Å². The molecule has 1 aliphatic heterocycles. The van der Waals surface area contributed by atoms with Crippen LogP contribution in [0.5, 0.6) is 0 Å². The molecular weight excluding hydrogens is 303 g/mol. The summed E-state index contributed by atoms with van der Waals surface area (Å²) in [5.41, 5.74) is 2.43. The van der Waals surface area contributed by atoms with E-state index < -0.39 is 0 Å². The van der Waals surface area contributed by atoms with E-state index in [0.717, 1.165) is 36.2 Å². The third-order valence-electron chi connectivity index (χ3n) is 3.80. The first kappa shape index (κ1) is 14.7. The van der Waals surface area contributed by atoms with Crippen LogP contribution in [0.25, 0.3) is 0 Å². The van der Waals surface area contributed by atoms with Gasteiger partial charge in [0.25, 0.3) is 0 Å². The van der Waals surface area contributed by atoms with Crippen molar-refractivity contribution in [1.29, 1.82) is 0 Å². The van der Waals surface area contributed by atoms with Gasteiger partial charge in [0.1, 0.15) is 0 Å². The molecule has 0 radical (unpaired) electrons. The molecule has 0 saturated carbocycles. The van der Waals surface area contributed by atoms with Gasteiger partial charge in [-0.1, -0.05) is 41.4 Å². The van der Waals surface area contributed by atoms with Gasteiger partial charge in [0.05, 0.1) is 0 Å². The van der Waals surface area contributed by atoms with E-state index in [0.29, 0.717) is 5.92 Å². The topological polar surface area (TPSA) is 15.3 Å². The summed E-state index contributed by atoms with van der Waals surface area (Å²) in [6.45, 7) is 4.10. The molecule has 21 heavy (non-hydrogen) atoms. The van der Waals surface area contributed by atoms with Crippen LogP contribution in [0, 0.1) is 5.92 Å². The minimum absolute atomic E-state index is 0.705. The van der Waals surface area contributed by atoms with Gasteiger partial charge in [-0.3, -0.25) is 0 Å². The van der Waals surface area contributed by atoms with Crippen molar-refractivity contribution in [2.75, 3.05) is 24.5 Å². The number of hydrogen-bond donors (Lipinski definition) is 1. The zero-order valence-electron chi connectivity index (χ0n) is 11.7. The molecule has 0 unspecified atom stereocenters. The van der Waals surface area contributed by atoms with Gasteiger partial charge in [0, 0.05) is 47.8 Å². The lowest BCUT2D eigenvalue weighted by atomic mass is 10.0. The van der Waals surface area contributed by atoms with Crippen LogP contribution in [0.4, 0.5) is 5.69 Å². The Morgan fingerprint density at radius 1 is 1.00 bits per heavy atom. The lowest BCUT2D eigenvalue weighted by Gasteiger charge is -2.34. The second-order valence-electron chi connectivity index (χ2n) is 5.51. The van der Waals surface area contributed by atoms with E-state index in [1.54, 1.807) is 0 Å². The van der Waals surface area contributed by atoms with E-state index in [-0.39, 0.29) is 0 Å². The van der Waals surface area contributed by atoms with Crippen LogP contribution in [0.15, 0.2) is 48.5 Å². The van der Waals surface area contributed by atoms with E-state index in [4.69, 9.17) is 23.2 Å². The molecular formula is C17H18Cl2N2. The van der Waals surface area contributed by atoms with Gasteiger partial charge in [-0.25, -0.2) is 0 Å². The number of benzene rings is 2. The average Bonchev–Trinajstić information content (AvgIpc) is 2.43. The maximum atomic E-state index is 6.14. The zero-order valence-corrected chi connectivity index (χ0v) is 13.2. The van der Waals surface area contributed by atoms with E-state index in [1.165, 1.54) is 11.3 Å². The highest BCUT2D eigenvalue weighted by Gasteiger charge is 2.20. The molecule has 1 N–H and O–H groups in total. The maximum Gasteiger partial charge on any atom is 0.0429 e. The molecule has 0 atom stereocenters. The Kier molecular flexibility index (Phi) is 4.69. The summed E-state index contributed by atoms with van der Waals surface area (Å²) >= 11 is 12.1. The Hall–Kier alpha value is -1.22. The van der Waals surface area contributed by atoms with Crippen molar-refractivity contribution < 1.29 is 0 Å². The van der Waals surface area contributed by atoms with Crippen LogP contribution < -0.4 is 10.2 Å². The normalized spacial score (nSPS) is 14.8. The van der Waals surface area contributed by atoms with Crippen molar-refractivity contribution in [3.05, 3.63) is 64.1 Å². The van der Waals surface area contributed by atoms with Crippen molar-refractivity contribution >= 4 is 28.9 Å². The van der Waals surface area contributed by atoms with Crippen LogP contribution in [0.3, 0.4) is 0 Å². The van der Waals surface area contributed by atoms with E-state index in [1.807, 2.05) is 30.3 Å². The molecule has 1 saturated heterocycles. The number of nitrogens with one attached hydrogen (secondary N) is 1. The molecule has 1 heterocycles. The molecule has 3 rings (SSSR count). The highest BCUT2D eigenvalue weighted by atomic mass is 35.5. The Balaban J connectivity index is 1.79. The molecule has 4 heteroatoms. The van der Waals surface area contributed by atoms with Gasteiger partial charge in [-0.15, -0.1) is 0 Å². The van der Waals surface area contributed by atoms with Gasteiger partial charge in [-0.2, -0.15) is 0 Å². The third kappa shape index (κ3) is 3.91. The zero-order chi connectivity index (χ0) is 14.7. The number of rotatable bonds is 5. The van der Waals surface area contributed by atoms with Crippen LogP contribution in [-0.2, 0) is 6.54 Å². The monoisotopic (exact) mass is 320 g/mol. The van der Waals surface area contributed by atoms with Crippen molar-refractivity contribution in [3.63, 3.8) is 0 Å². The van der Waals surface area contributed by atoms with Crippen molar-refractivity contribution in [2.45, 2.75) is 6.54 Å². The van der Waals surface area contributed by atoms with Gasteiger partial charge in [0.15, 0.2) is 0 Å². The fourth-order valence-electron chi connectivity index (χ4n) is 2.53. The SMILES string of the molecule is Clc1ccc(CN(CC2CNC2)c2cccc(Cl)c2)cc1. The fourth-order valence-corrected chi connectivity index (χ4v) is 2.84. The first-order valence-electron chi connectivity index (χ1n) is 7.16. The first-order chi connectivity index (χ1) is 10.2. The summed E-state index contributed by atoms with van der Waals surface area (Å²) in [6, 6.07) is 16.1. The number of nitrogens with zero attached hydrogens (tertiary/aromatic N) is 1. The summed E-state index contributed by atoms with van der Waals surface area (Å²) in [7, 11) is 0. The number of halogens is 2.